The van der Waals surface area contributed by atoms with Gasteiger partial charge in [0.25, 0.3) is 11.8 Å². The topological polar surface area (TPSA) is 93.2 Å². The largest absolute Gasteiger partial charge is 0.481 e. The minimum absolute atomic E-state index is 0.392. The fourth-order valence-corrected chi connectivity index (χ4v) is 3.41. The Morgan fingerprint density at radius 3 is 2.58 bits per heavy atom. The molecule has 2 amide bonds. The van der Waals surface area contributed by atoms with E-state index in [0.717, 1.165) is 16.7 Å². The average molecular weight is 441 g/mol. The van der Waals surface area contributed by atoms with Gasteiger partial charge in [-0.2, -0.15) is 0 Å². The highest BCUT2D eigenvalue weighted by atomic mass is 16.5. The molecule has 1 unspecified atom stereocenters. The summed E-state index contributed by atoms with van der Waals surface area (Å²) in [6.07, 6.45) is 2.56. The minimum atomic E-state index is -0.800. The van der Waals surface area contributed by atoms with Gasteiger partial charge in [-0.15, -0.1) is 0 Å². The molecular formula is C26H24N4O3. The van der Waals surface area contributed by atoms with Crippen LogP contribution in [0, 0.1) is 13.8 Å². The van der Waals surface area contributed by atoms with Crippen molar-refractivity contribution < 1.29 is 14.3 Å². The van der Waals surface area contributed by atoms with Crippen molar-refractivity contribution in [2.24, 2.45) is 0 Å². The number of aryl methyl sites for hydroxylation is 1. The van der Waals surface area contributed by atoms with Crippen molar-refractivity contribution in [2.45, 2.75) is 26.9 Å². The summed E-state index contributed by atoms with van der Waals surface area (Å²) in [6.45, 7) is 5.54. The predicted octanol–water partition coefficient (Wildman–Crippen LogP) is 4.14. The monoisotopic (exact) mass is 440 g/mol. The van der Waals surface area contributed by atoms with Crippen molar-refractivity contribution in [1.82, 2.24) is 20.8 Å². The van der Waals surface area contributed by atoms with Crippen LogP contribution in [0.2, 0.25) is 0 Å². The number of fused-ring (bicyclic) bond motifs is 1. The van der Waals surface area contributed by atoms with E-state index >= 15 is 0 Å². The van der Waals surface area contributed by atoms with Crippen LogP contribution in [0.1, 0.15) is 28.4 Å². The highest BCUT2D eigenvalue weighted by Crippen LogP contribution is 2.24. The van der Waals surface area contributed by atoms with E-state index in [9.17, 15) is 9.59 Å². The molecule has 0 aliphatic carbocycles. The normalized spacial score (nSPS) is 11.6. The first-order chi connectivity index (χ1) is 15.9. The van der Waals surface area contributed by atoms with Crippen molar-refractivity contribution in [3.63, 3.8) is 0 Å². The molecule has 0 aliphatic heterocycles. The van der Waals surface area contributed by atoms with Gasteiger partial charge >= 0.3 is 0 Å². The summed E-state index contributed by atoms with van der Waals surface area (Å²) >= 11 is 0. The number of amides is 2. The van der Waals surface area contributed by atoms with Crippen LogP contribution in [0.3, 0.4) is 0 Å². The summed E-state index contributed by atoms with van der Waals surface area (Å²) < 4.78 is 5.79. The second kappa shape index (κ2) is 9.48. The van der Waals surface area contributed by atoms with E-state index in [-0.39, 0.29) is 0 Å². The SMILES string of the molecule is Cc1cccc(OC(C)C(=O)NNC(=O)c2cc(-c3cccnc3)nc3ccccc23)c1C. The number of ether oxygens (including phenoxy) is 1. The Hall–Kier alpha value is -4.26. The van der Waals surface area contributed by atoms with Gasteiger partial charge in [-0.25, -0.2) is 4.98 Å². The summed E-state index contributed by atoms with van der Waals surface area (Å²) in [5, 5.41) is 0.677. The molecule has 1 atom stereocenters. The maximum Gasteiger partial charge on any atom is 0.279 e. The van der Waals surface area contributed by atoms with Gasteiger partial charge in [-0.3, -0.25) is 25.4 Å². The summed E-state index contributed by atoms with van der Waals surface area (Å²) in [6, 6.07) is 18.4. The summed E-state index contributed by atoms with van der Waals surface area (Å²) in [7, 11) is 0. The Kier molecular flexibility index (Phi) is 6.31. The van der Waals surface area contributed by atoms with E-state index in [0.29, 0.717) is 27.9 Å². The number of para-hydroxylation sites is 1. The van der Waals surface area contributed by atoms with Gasteiger partial charge in [-0.1, -0.05) is 30.3 Å². The van der Waals surface area contributed by atoms with E-state index < -0.39 is 17.9 Å². The smallest absolute Gasteiger partial charge is 0.279 e. The highest BCUT2D eigenvalue weighted by Gasteiger charge is 2.19. The van der Waals surface area contributed by atoms with Crippen LogP contribution in [-0.2, 0) is 4.79 Å². The van der Waals surface area contributed by atoms with Crippen LogP contribution in [0.25, 0.3) is 22.2 Å². The molecule has 0 spiro atoms. The lowest BCUT2D eigenvalue weighted by atomic mass is 10.0. The van der Waals surface area contributed by atoms with E-state index in [1.54, 1.807) is 25.4 Å². The summed E-state index contributed by atoms with van der Waals surface area (Å²) in [4.78, 5) is 34.4. The van der Waals surface area contributed by atoms with Gasteiger partial charge in [0, 0.05) is 23.3 Å². The second-order valence-corrected chi connectivity index (χ2v) is 7.72. The van der Waals surface area contributed by atoms with Gasteiger partial charge in [0.2, 0.25) is 0 Å². The molecule has 33 heavy (non-hydrogen) atoms. The third-order valence-corrected chi connectivity index (χ3v) is 5.45. The first-order valence-electron chi connectivity index (χ1n) is 10.6. The molecule has 0 saturated carbocycles. The molecule has 4 aromatic rings. The highest BCUT2D eigenvalue weighted by molar-refractivity contribution is 6.07. The number of hydrogen-bond donors (Lipinski definition) is 2. The Balaban J connectivity index is 1.51. The van der Waals surface area contributed by atoms with Crippen LogP contribution < -0.4 is 15.6 Å². The Morgan fingerprint density at radius 2 is 1.79 bits per heavy atom. The molecule has 0 aliphatic rings. The number of hydrazine groups is 1. The fourth-order valence-electron chi connectivity index (χ4n) is 3.41. The Morgan fingerprint density at radius 1 is 0.970 bits per heavy atom. The first kappa shape index (κ1) is 22.0. The molecule has 2 aromatic heterocycles. The molecule has 4 rings (SSSR count). The third-order valence-electron chi connectivity index (χ3n) is 5.45. The van der Waals surface area contributed by atoms with E-state index in [2.05, 4.69) is 20.8 Å². The van der Waals surface area contributed by atoms with Gasteiger partial charge in [-0.05, 0) is 62.2 Å². The van der Waals surface area contributed by atoms with Crippen molar-refractivity contribution in [2.75, 3.05) is 0 Å². The van der Waals surface area contributed by atoms with Gasteiger partial charge in [0.1, 0.15) is 5.75 Å². The molecule has 0 bridgehead atoms. The maximum absolute atomic E-state index is 13.0. The number of benzene rings is 2. The van der Waals surface area contributed by atoms with Gasteiger partial charge in [0.15, 0.2) is 6.10 Å². The number of rotatable bonds is 5. The second-order valence-electron chi connectivity index (χ2n) is 7.72. The molecule has 7 nitrogen and oxygen atoms in total. The lowest BCUT2D eigenvalue weighted by molar-refractivity contribution is -0.128. The Bertz CT molecular complexity index is 1320. The first-order valence-corrected chi connectivity index (χ1v) is 10.6. The zero-order valence-corrected chi connectivity index (χ0v) is 18.6. The number of aromatic nitrogens is 2. The summed E-state index contributed by atoms with van der Waals surface area (Å²) in [5.74, 6) is -0.286. The zero-order chi connectivity index (χ0) is 23.4. The molecule has 2 heterocycles. The van der Waals surface area contributed by atoms with Crippen molar-refractivity contribution in [3.05, 3.63) is 89.7 Å². The quantitative estimate of drug-likeness (QED) is 0.455. The third kappa shape index (κ3) is 4.82. The van der Waals surface area contributed by atoms with Crippen LogP contribution in [0.5, 0.6) is 5.75 Å². The molecule has 166 valence electrons. The van der Waals surface area contributed by atoms with Crippen molar-refractivity contribution >= 4 is 22.7 Å². The van der Waals surface area contributed by atoms with E-state index in [1.165, 1.54) is 0 Å². The number of pyridine rings is 2. The zero-order valence-electron chi connectivity index (χ0n) is 18.6. The Labute approximate surface area is 191 Å². The fraction of sp³-hybridized carbons (Fsp3) is 0.154. The molecular weight excluding hydrogens is 416 g/mol. The van der Waals surface area contributed by atoms with Crippen molar-refractivity contribution in [3.8, 4) is 17.0 Å². The minimum Gasteiger partial charge on any atom is -0.481 e. The molecule has 0 radical (unpaired) electrons. The van der Waals surface area contributed by atoms with Gasteiger partial charge in [0.05, 0.1) is 16.8 Å². The molecule has 0 saturated heterocycles. The van der Waals surface area contributed by atoms with Crippen LogP contribution in [0.4, 0.5) is 0 Å². The summed E-state index contributed by atoms with van der Waals surface area (Å²) in [5.41, 5.74) is 9.46. The predicted molar refractivity (Wildman–Crippen MR) is 127 cm³/mol. The number of carbonyl (C=O) groups is 2. The maximum atomic E-state index is 13.0. The van der Waals surface area contributed by atoms with Crippen LogP contribution >= 0.6 is 0 Å². The number of nitrogens with zero attached hydrogens (tertiary/aromatic N) is 2. The van der Waals surface area contributed by atoms with Crippen LogP contribution in [0.15, 0.2) is 73.1 Å². The van der Waals surface area contributed by atoms with E-state index in [1.807, 2.05) is 68.4 Å². The van der Waals surface area contributed by atoms with E-state index in [4.69, 9.17) is 4.74 Å². The number of nitrogens with one attached hydrogen (secondary N) is 2. The standard InChI is InChI=1S/C26H24N4O3/c1-16-8-6-12-24(17(16)2)33-18(3)25(31)29-30-26(32)21-14-23(19-9-7-13-27-15-19)28-22-11-5-4-10-20(21)22/h4-15,18H,1-3H3,(H,29,31)(H,30,32). The lowest BCUT2D eigenvalue weighted by Crippen LogP contribution is -2.47. The number of hydrogen-bond acceptors (Lipinski definition) is 5. The van der Waals surface area contributed by atoms with Crippen LogP contribution in [-0.4, -0.2) is 27.9 Å². The molecule has 7 heteroatoms. The molecule has 0 fully saturated rings. The molecule has 2 aromatic carbocycles. The number of carbonyl (C=O) groups excluding carboxylic acids is 2. The van der Waals surface area contributed by atoms with Gasteiger partial charge < -0.3 is 4.74 Å². The van der Waals surface area contributed by atoms with Crippen molar-refractivity contribution in [1.29, 1.82) is 0 Å². The average Bonchev–Trinajstić information content (AvgIpc) is 2.84. The molecule has 2 N–H and O–H groups in total. The lowest BCUT2D eigenvalue weighted by Gasteiger charge is -2.17.